The summed E-state index contributed by atoms with van der Waals surface area (Å²) in [6, 6.07) is 0. The molecule has 0 radical (unpaired) electrons. The summed E-state index contributed by atoms with van der Waals surface area (Å²) in [5, 5.41) is 9.53. The lowest BCUT2D eigenvalue weighted by Crippen LogP contribution is -2.50. The van der Waals surface area contributed by atoms with Gasteiger partial charge in [-0.1, -0.05) is 25.5 Å². The second-order valence-corrected chi connectivity index (χ2v) is 6.83. The zero-order valence-corrected chi connectivity index (χ0v) is 11.2. The van der Waals surface area contributed by atoms with Crippen molar-refractivity contribution in [2.45, 2.75) is 45.6 Å². The van der Waals surface area contributed by atoms with Gasteiger partial charge in [-0.15, -0.1) is 0 Å². The summed E-state index contributed by atoms with van der Waals surface area (Å²) >= 11 is 0. The van der Waals surface area contributed by atoms with Crippen LogP contribution >= 0.6 is 0 Å². The van der Waals surface area contributed by atoms with E-state index in [1.165, 1.54) is 12.8 Å². The fraction of sp³-hybridized carbons (Fsp3) is 0.867. The van der Waals surface area contributed by atoms with Crippen molar-refractivity contribution in [3.8, 4) is 0 Å². The van der Waals surface area contributed by atoms with Crippen molar-refractivity contribution in [1.29, 1.82) is 0 Å². The molecule has 0 unspecified atom stereocenters. The Morgan fingerprint density at radius 2 is 2.06 bits per heavy atom. The third kappa shape index (κ3) is 1.96. The van der Waals surface area contributed by atoms with E-state index in [-0.39, 0.29) is 6.10 Å². The number of allylic oxidation sites excluding steroid dienone is 1. The Kier molecular flexibility index (Phi) is 2.83. The summed E-state index contributed by atoms with van der Waals surface area (Å²) in [5.74, 6) is 1.78. The second kappa shape index (κ2) is 4.10. The minimum Gasteiger partial charge on any atom is -0.393 e. The molecule has 0 aromatic carbocycles. The van der Waals surface area contributed by atoms with E-state index in [9.17, 15) is 5.11 Å². The highest BCUT2D eigenvalue weighted by atomic mass is 16.3. The van der Waals surface area contributed by atoms with Crippen molar-refractivity contribution in [3.63, 3.8) is 0 Å². The summed E-state index contributed by atoms with van der Waals surface area (Å²) in [6.45, 7) is 8.20. The first-order valence-corrected chi connectivity index (χ1v) is 7.16. The van der Waals surface area contributed by atoms with Gasteiger partial charge in [0.25, 0.3) is 0 Å². The van der Waals surface area contributed by atoms with E-state index in [0.717, 1.165) is 44.3 Å². The van der Waals surface area contributed by atoms with Crippen LogP contribution < -0.4 is 0 Å². The second-order valence-electron chi connectivity index (χ2n) is 6.83. The number of piperidine rings is 1. The van der Waals surface area contributed by atoms with Gasteiger partial charge in [0.1, 0.15) is 0 Å². The number of hydrogen-bond donors (Lipinski definition) is 1. The molecule has 2 bridgehead atoms. The van der Waals surface area contributed by atoms with Gasteiger partial charge in [0.2, 0.25) is 0 Å². The fourth-order valence-electron chi connectivity index (χ4n) is 3.99. The average molecular weight is 235 g/mol. The number of aliphatic hydroxyl groups is 1. The van der Waals surface area contributed by atoms with E-state index < -0.39 is 0 Å². The summed E-state index contributed by atoms with van der Waals surface area (Å²) in [7, 11) is 0. The maximum Gasteiger partial charge on any atom is 0.0564 e. The number of likely N-dealkylation sites (tertiary alicyclic amines) is 1. The SMILES string of the molecule is CC1(C)[C@@H]2CC=C(CN3CCC(O)CC3)[C@@H]1C2. The molecular formula is C15H25NO. The van der Waals surface area contributed by atoms with Gasteiger partial charge < -0.3 is 5.11 Å². The molecule has 4 rings (SSSR count). The first-order chi connectivity index (χ1) is 8.07. The number of nitrogens with zero attached hydrogens (tertiary/aromatic N) is 1. The Bertz CT molecular complexity index is 326. The van der Waals surface area contributed by atoms with E-state index >= 15 is 0 Å². The van der Waals surface area contributed by atoms with Crippen molar-refractivity contribution in [2.24, 2.45) is 17.3 Å². The zero-order chi connectivity index (χ0) is 12.0. The van der Waals surface area contributed by atoms with Crippen LogP contribution in [0.3, 0.4) is 0 Å². The van der Waals surface area contributed by atoms with Gasteiger partial charge in [-0.2, -0.15) is 0 Å². The highest BCUT2D eigenvalue weighted by molar-refractivity contribution is 5.24. The molecule has 4 aliphatic rings. The van der Waals surface area contributed by atoms with Gasteiger partial charge in [-0.25, -0.2) is 0 Å². The molecule has 0 aromatic rings. The van der Waals surface area contributed by atoms with Gasteiger partial charge >= 0.3 is 0 Å². The summed E-state index contributed by atoms with van der Waals surface area (Å²) in [6.07, 6.45) is 7.12. The molecule has 1 saturated heterocycles. The first-order valence-electron chi connectivity index (χ1n) is 7.16. The molecule has 2 heteroatoms. The zero-order valence-electron chi connectivity index (χ0n) is 11.2. The third-order valence-corrected chi connectivity index (χ3v) is 5.55. The molecule has 2 nitrogen and oxygen atoms in total. The Labute approximate surface area is 105 Å². The smallest absolute Gasteiger partial charge is 0.0564 e. The minimum absolute atomic E-state index is 0.0453. The topological polar surface area (TPSA) is 23.5 Å². The van der Waals surface area contributed by atoms with Crippen LogP contribution in [0.15, 0.2) is 11.6 Å². The van der Waals surface area contributed by atoms with E-state index in [2.05, 4.69) is 24.8 Å². The van der Waals surface area contributed by atoms with E-state index in [0.29, 0.717) is 5.41 Å². The number of aliphatic hydroxyl groups excluding tert-OH is 1. The Morgan fingerprint density at radius 3 is 2.65 bits per heavy atom. The lowest BCUT2D eigenvalue weighted by molar-refractivity contribution is -0.0127. The molecule has 2 atom stereocenters. The normalized spacial score (nSPS) is 37.5. The monoisotopic (exact) mass is 235 g/mol. The van der Waals surface area contributed by atoms with Gasteiger partial charge in [-0.05, 0) is 42.9 Å². The standard InChI is InChI=1S/C15H25NO/c1-15(2)12-4-3-11(14(15)9-12)10-16-7-5-13(17)6-8-16/h3,12-14,17H,4-10H2,1-2H3/t12-,14+/m1/s1. The molecule has 0 amide bonds. The maximum atomic E-state index is 9.53. The highest BCUT2D eigenvalue weighted by Gasteiger charge is 2.51. The third-order valence-electron chi connectivity index (χ3n) is 5.55. The van der Waals surface area contributed by atoms with Crippen LogP contribution in [0, 0.1) is 17.3 Å². The van der Waals surface area contributed by atoms with Crippen molar-refractivity contribution in [1.82, 2.24) is 4.90 Å². The van der Waals surface area contributed by atoms with Crippen LogP contribution in [0.1, 0.15) is 39.5 Å². The molecule has 3 aliphatic carbocycles. The maximum absolute atomic E-state index is 9.53. The summed E-state index contributed by atoms with van der Waals surface area (Å²) in [4.78, 5) is 2.54. The van der Waals surface area contributed by atoms with Crippen molar-refractivity contribution >= 4 is 0 Å². The average Bonchev–Trinajstić information content (AvgIpc) is 2.32. The lowest BCUT2D eigenvalue weighted by Gasteiger charge is -2.57. The summed E-state index contributed by atoms with van der Waals surface area (Å²) < 4.78 is 0. The molecule has 1 heterocycles. The van der Waals surface area contributed by atoms with Crippen LogP contribution in [0.2, 0.25) is 0 Å². The lowest BCUT2D eigenvalue weighted by atomic mass is 9.49. The van der Waals surface area contributed by atoms with Crippen LogP contribution in [-0.2, 0) is 0 Å². The van der Waals surface area contributed by atoms with Crippen LogP contribution in [0.25, 0.3) is 0 Å². The van der Waals surface area contributed by atoms with Crippen LogP contribution in [0.5, 0.6) is 0 Å². The fourth-order valence-corrected chi connectivity index (χ4v) is 3.99. The van der Waals surface area contributed by atoms with E-state index in [1.54, 1.807) is 5.57 Å². The quantitative estimate of drug-likeness (QED) is 0.743. The molecule has 1 aliphatic heterocycles. The van der Waals surface area contributed by atoms with Crippen molar-refractivity contribution in [3.05, 3.63) is 11.6 Å². The van der Waals surface area contributed by atoms with Crippen LogP contribution in [0.4, 0.5) is 0 Å². The number of fused-ring (bicyclic) bond motifs is 1. The predicted octanol–water partition coefficient (Wildman–Crippen LogP) is 2.44. The van der Waals surface area contributed by atoms with Gasteiger partial charge in [0.15, 0.2) is 0 Å². The van der Waals surface area contributed by atoms with E-state index in [1.807, 2.05) is 0 Å². The van der Waals surface area contributed by atoms with Gasteiger partial charge in [-0.3, -0.25) is 4.90 Å². The first kappa shape index (κ1) is 11.7. The molecule has 2 fully saturated rings. The number of hydrogen-bond acceptors (Lipinski definition) is 2. The Hall–Kier alpha value is -0.340. The molecule has 1 N–H and O–H groups in total. The van der Waals surface area contributed by atoms with Crippen molar-refractivity contribution < 1.29 is 5.11 Å². The molecule has 96 valence electrons. The molecule has 0 spiro atoms. The molecule has 0 aromatic heterocycles. The van der Waals surface area contributed by atoms with E-state index in [4.69, 9.17) is 0 Å². The van der Waals surface area contributed by atoms with Crippen LogP contribution in [-0.4, -0.2) is 35.7 Å². The molecular weight excluding hydrogens is 210 g/mol. The van der Waals surface area contributed by atoms with Gasteiger partial charge in [0.05, 0.1) is 6.10 Å². The number of rotatable bonds is 2. The minimum atomic E-state index is -0.0453. The predicted molar refractivity (Wildman–Crippen MR) is 69.8 cm³/mol. The van der Waals surface area contributed by atoms with Crippen molar-refractivity contribution in [2.75, 3.05) is 19.6 Å². The largest absolute Gasteiger partial charge is 0.393 e. The molecule has 1 saturated carbocycles. The van der Waals surface area contributed by atoms with Gasteiger partial charge in [0, 0.05) is 19.6 Å². The Morgan fingerprint density at radius 1 is 1.35 bits per heavy atom. The summed E-state index contributed by atoms with van der Waals surface area (Å²) in [5.41, 5.74) is 2.24. The highest BCUT2D eigenvalue weighted by Crippen LogP contribution is 2.59. The Balaban J connectivity index is 1.61. The molecule has 17 heavy (non-hydrogen) atoms.